The first-order valence-corrected chi connectivity index (χ1v) is 10.3. The molecule has 0 amide bonds. The van der Waals surface area contributed by atoms with E-state index in [0.717, 1.165) is 0 Å². The van der Waals surface area contributed by atoms with Crippen LogP contribution in [0.3, 0.4) is 0 Å². The normalized spacial score (nSPS) is 12.4. The van der Waals surface area contributed by atoms with Gasteiger partial charge in [-0.2, -0.15) is 26.3 Å². The Morgan fingerprint density at radius 1 is 0.882 bits per heavy atom. The molecule has 0 aliphatic carbocycles. The Hall–Kier alpha value is -3.62. The molecule has 0 spiro atoms. The second kappa shape index (κ2) is 11.0. The molecule has 3 aromatic rings. The molecule has 0 saturated heterocycles. The fraction of sp³-hybridized carbons (Fsp3) is 0.200. The van der Waals surface area contributed by atoms with Crippen molar-refractivity contribution < 1.29 is 26.3 Å². The summed E-state index contributed by atoms with van der Waals surface area (Å²) in [7, 11) is 0. The van der Waals surface area contributed by atoms with Gasteiger partial charge in [-0.05, 0) is 37.3 Å². The maximum Gasteiger partial charge on any atom is 0.416 e. The molecular weight excluding hydrogens is 456 g/mol. The molecule has 0 fully saturated rings. The van der Waals surface area contributed by atoms with Crippen molar-refractivity contribution in [3.05, 3.63) is 96.4 Å². The van der Waals surface area contributed by atoms with E-state index in [2.05, 4.69) is 16.8 Å². The van der Waals surface area contributed by atoms with E-state index in [1.54, 1.807) is 55.5 Å². The number of nitrogens with zero attached hydrogens (tertiary/aromatic N) is 3. The van der Waals surface area contributed by atoms with Crippen LogP contribution in [0.1, 0.15) is 37.7 Å². The number of para-hydroxylation sites is 1. The largest absolute Gasteiger partial charge is 0.416 e. The zero-order valence-corrected chi connectivity index (χ0v) is 18.7. The molecule has 2 aromatic carbocycles. The molecule has 0 atom stereocenters. The van der Waals surface area contributed by atoms with Crippen molar-refractivity contribution in [3.8, 4) is 17.1 Å². The summed E-state index contributed by atoms with van der Waals surface area (Å²) in [5, 5.41) is 8.01. The second-order valence-electron chi connectivity index (χ2n) is 6.66. The van der Waals surface area contributed by atoms with Gasteiger partial charge in [0.15, 0.2) is 11.6 Å². The van der Waals surface area contributed by atoms with Gasteiger partial charge in [0.2, 0.25) is 0 Å². The van der Waals surface area contributed by atoms with Gasteiger partial charge < -0.3 is 0 Å². The van der Waals surface area contributed by atoms with Crippen molar-refractivity contribution in [3.63, 3.8) is 0 Å². The summed E-state index contributed by atoms with van der Waals surface area (Å²) in [5.41, 5.74) is -2.29. The van der Waals surface area contributed by atoms with Crippen molar-refractivity contribution in [2.45, 2.75) is 33.1 Å². The lowest BCUT2D eigenvalue weighted by atomic mass is 10.0. The Bertz CT molecular complexity index is 1140. The minimum Gasteiger partial charge on any atom is -0.275 e. The van der Waals surface area contributed by atoms with E-state index >= 15 is 0 Å². The van der Waals surface area contributed by atoms with Crippen LogP contribution in [0.25, 0.3) is 22.6 Å². The molecular formula is C25H23F6N3. The van der Waals surface area contributed by atoms with Crippen LogP contribution in [0.2, 0.25) is 0 Å². The third-order valence-electron chi connectivity index (χ3n) is 4.47. The molecule has 0 bridgehead atoms. The monoisotopic (exact) mass is 479 g/mol. The predicted molar refractivity (Wildman–Crippen MR) is 121 cm³/mol. The third-order valence-corrected chi connectivity index (χ3v) is 4.47. The standard InChI is InChI=1S/C23H17F6N3.C2H6/c1-3-5-9-15(4-2)20-30-31-21(32(20)19-10-7-6-8-11-19)16-12-17(22(24,25)26)14-18(13-16)23(27,28)29;1-2/h3-14H,2H2,1H3;1-2H3/b5-3-,15-9+;. The van der Waals surface area contributed by atoms with E-state index in [0.29, 0.717) is 23.4 Å². The van der Waals surface area contributed by atoms with Crippen LogP contribution in [0.5, 0.6) is 0 Å². The van der Waals surface area contributed by atoms with Crippen LogP contribution in [-0.4, -0.2) is 14.8 Å². The van der Waals surface area contributed by atoms with Crippen LogP contribution in [0.15, 0.2) is 79.4 Å². The average molecular weight is 479 g/mol. The fourth-order valence-electron chi connectivity index (χ4n) is 3.00. The van der Waals surface area contributed by atoms with Gasteiger partial charge in [0, 0.05) is 16.8 Å². The van der Waals surface area contributed by atoms with Gasteiger partial charge in [0.05, 0.1) is 11.1 Å². The minimum absolute atomic E-state index is 0.0781. The molecule has 180 valence electrons. The van der Waals surface area contributed by atoms with E-state index in [1.807, 2.05) is 13.8 Å². The highest BCUT2D eigenvalue weighted by molar-refractivity contribution is 5.74. The maximum atomic E-state index is 13.4. The average Bonchev–Trinajstić information content (AvgIpc) is 3.25. The van der Waals surface area contributed by atoms with Gasteiger partial charge in [-0.25, -0.2) is 0 Å². The highest BCUT2D eigenvalue weighted by Crippen LogP contribution is 2.39. The predicted octanol–water partition coefficient (Wildman–Crippen LogP) is 8.14. The molecule has 0 aliphatic rings. The number of hydrogen-bond donors (Lipinski definition) is 0. The van der Waals surface area contributed by atoms with E-state index in [-0.39, 0.29) is 23.3 Å². The Morgan fingerprint density at radius 3 is 1.91 bits per heavy atom. The van der Waals surface area contributed by atoms with Gasteiger partial charge in [0.1, 0.15) is 0 Å². The highest BCUT2D eigenvalue weighted by Gasteiger charge is 2.37. The van der Waals surface area contributed by atoms with Crippen molar-refractivity contribution in [1.29, 1.82) is 0 Å². The second-order valence-corrected chi connectivity index (χ2v) is 6.66. The zero-order valence-electron chi connectivity index (χ0n) is 18.7. The number of rotatable bonds is 5. The molecule has 0 aliphatic heterocycles. The van der Waals surface area contributed by atoms with Crippen molar-refractivity contribution >= 4 is 5.57 Å². The summed E-state index contributed by atoms with van der Waals surface area (Å²) in [5.74, 6) is 0.0429. The summed E-state index contributed by atoms with van der Waals surface area (Å²) < 4.78 is 81.6. The molecule has 34 heavy (non-hydrogen) atoms. The highest BCUT2D eigenvalue weighted by atomic mass is 19.4. The quantitative estimate of drug-likeness (QED) is 0.273. The lowest BCUT2D eigenvalue weighted by molar-refractivity contribution is -0.143. The molecule has 3 rings (SSSR count). The van der Waals surface area contributed by atoms with Crippen LogP contribution in [-0.2, 0) is 12.4 Å². The number of allylic oxidation sites excluding steroid dienone is 5. The van der Waals surface area contributed by atoms with Gasteiger partial charge in [-0.1, -0.05) is 62.9 Å². The minimum atomic E-state index is -4.98. The molecule has 0 N–H and O–H groups in total. The van der Waals surface area contributed by atoms with Crippen LogP contribution in [0.4, 0.5) is 26.3 Å². The Kier molecular flexibility index (Phi) is 8.62. The summed E-state index contributed by atoms with van der Waals surface area (Å²) in [6.45, 7) is 9.50. The molecule has 0 radical (unpaired) electrons. The lowest BCUT2D eigenvalue weighted by Crippen LogP contribution is -2.12. The lowest BCUT2D eigenvalue weighted by Gasteiger charge is -2.15. The van der Waals surface area contributed by atoms with E-state index in [4.69, 9.17) is 0 Å². The SMILES string of the molecule is C=C/C(=C\C=C/C)c1nnc(-c2cc(C(F)(F)F)cc(C(F)(F)F)c2)n1-c1ccccc1.CC. The molecule has 3 nitrogen and oxygen atoms in total. The molecule has 0 unspecified atom stereocenters. The maximum absolute atomic E-state index is 13.4. The smallest absolute Gasteiger partial charge is 0.275 e. The van der Waals surface area contributed by atoms with Gasteiger partial charge >= 0.3 is 12.4 Å². The Morgan fingerprint density at radius 2 is 1.44 bits per heavy atom. The van der Waals surface area contributed by atoms with Gasteiger partial charge in [-0.15, -0.1) is 10.2 Å². The first kappa shape index (κ1) is 26.6. The molecule has 0 saturated carbocycles. The zero-order chi connectivity index (χ0) is 25.5. The van der Waals surface area contributed by atoms with Gasteiger partial charge in [0.25, 0.3) is 0 Å². The van der Waals surface area contributed by atoms with Crippen LogP contribution >= 0.6 is 0 Å². The van der Waals surface area contributed by atoms with Gasteiger partial charge in [-0.3, -0.25) is 4.57 Å². The fourth-order valence-corrected chi connectivity index (χ4v) is 3.00. The first-order valence-electron chi connectivity index (χ1n) is 10.3. The Balaban J connectivity index is 0.00000199. The molecule has 1 aromatic heterocycles. The number of hydrogen-bond acceptors (Lipinski definition) is 2. The Labute approximate surface area is 193 Å². The van der Waals surface area contributed by atoms with Crippen LogP contribution in [0, 0.1) is 0 Å². The summed E-state index contributed by atoms with van der Waals surface area (Å²) >= 11 is 0. The van der Waals surface area contributed by atoms with Crippen LogP contribution < -0.4 is 0 Å². The summed E-state index contributed by atoms with van der Waals surface area (Å²) in [4.78, 5) is 0. The van der Waals surface area contributed by atoms with E-state index in [1.165, 1.54) is 10.6 Å². The van der Waals surface area contributed by atoms with E-state index in [9.17, 15) is 26.3 Å². The molecule has 9 heteroatoms. The summed E-state index contributed by atoms with van der Waals surface area (Å²) in [6.07, 6.45) is -3.38. The number of alkyl halides is 6. The van der Waals surface area contributed by atoms with Crippen molar-refractivity contribution in [2.75, 3.05) is 0 Å². The number of benzene rings is 2. The summed E-state index contributed by atoms with van der Waals surface area (Å²) in [6, 6.07) is 9.71. The first-order chi connectivity index (χ1) is 16.1. The van der Waals surface area contributed by atoms with Crippen molar-refractivity contribution in [1.82, 2.24) is 14.8 Å². The topological polar surface area (TPSA) is 30.7 Å². The number of aromatic nitrogens is 3. The number of halogens is 6. The van der Waals surface area contributed by atoms with Crippen molar-refractivity contribution in [2.24, 2.45) is 0 Å². The van der Waals surface area contributed by atoms with E-state index < -0.39 is 23.5 Å². The third kappa shape index (κ3) is 6.03. The molecule has 1 heterocycles.